The molecule has 220 valence electrons. The lowest BCUT2D eigenvalue weighted by Gasteiger charge is -2.64. The first-order valence-electron chi connectivity index (χ1n) is 15.4. The zero-order chi connectivity index (χ0) is 27.9. The number of fused-ring (bicyclic) bond motifs is 5. The van der Waals surface area contributed by atoms with Crippen LogP contribution in [0.4, 0.5) is 0 Å². The van der Waals surface area contributed by atoms with Gasteiger partial charge in [-0.1, -0.05) is 40.5 Å². The van der Waals surface area contributed by atoms with E-state index in [1.54, 1.807) is 0 Å². The number of unbranched alkanes of at least 4 members (excludes halogenated alkanes) is 2. The van der Waals surface area contributed by atoms with Crippen molar-refractivity contribution >= 4 is 5.97 Å². The van der Waals surface area contributed by atoms with Crippen LogP contribution in [0.3, 0.4) is 0 Å². The van der Waals surface area contributed by atoms with E-state index in [4.69, 9.17) is 9.47 Å². The summed E-state index contributed by atoms with van der Waals surface area (Å²) in [4.78, 5) is 11.8. The minimum absolute atomic E-state index is 0.0769. The number of carbonyl (C=O) groups is 1. The van der Waals surface area contributed by atoms with Crippen LogP contribution in [0.25, 0.3) is 0 Å². The Kier molecular flexibility index (Phi) is 9.26. The van der Waals surface area contributed by atoms with Gasteiger partial charge < -0.3 is 29.9 Å². The van der Waals surface area contributed by atoms with Crippen molar-refractivity contribution in [3.8, 4) is 0 Å². The van der Waals surface area contributed by atoms with Gasteiger partial charge in [-0.3, -0.25) is 4.79 Å². The third-order valence-corrected chi connectivity index (χ3v) is 12.0. The third-order valence-electron chi connectivity index (χ3n) is 12.0. The fourth-order valence-corrected chi connectivity index (χ4v) is 9.75. The van der Waals surface area contributed by atoms with Crippen molar-refractivity contribution in [2.24, 2.45) is 46.3 Å². The molecule has 0 spiro atoms. The summed E-state index contributed by atoms with van der Waals surface area (Å²) in [5, 5.41) is 45.1. The summed E-state index contributed by atoms with van der Waals surface area (Å²) in [6, 6.07) is 0. The smallest absolute Gasteiger partial charge is 0.305 e. The van der Waals surface area contributed by atoms with Crippen LogP contribution in [-0.4, -0.2) is 57.8 Å². The molecule has 38 heavy (non-hydrogen) atoms. The van der Waals surface area contributed by atoms with E-state index in [0.29, 0.717) is 50.4 Å². The van der Waals surface area contributed by atoms with Gasteiger partial charge in [0.2, 0.25) is 0 Å². The maximum atomic E-state index is 11.8. The summed E-state index contributed by atoms with van der Waals surface area (Å²) < 4.78 is 10.7. The van der Waals surface area contributed by atoms with E-state index in [1.807, 2.05) is 0 Å². The van der Waals surface area contributed by atoms with Crippen molar-refractivity contribution in [1.82, 2.24) is 0 Å². The Morgan fingerprint density at radius 1 is 1.05 bits per heavy atom. The molecule has 0 saturated heterocycles. The van der Waals surface area contributed by atoms with Crippen molar-refractivity contribution in [3.63, 3.8) is 0 Å². The van der Waals surface area contributed by atoms with Gasteiger partial charge in [0.1, 0.15) is 0 Å². The molecule has 7 nitrogen and oxygen atoms in total. The molecule has 12 atom stereocenters. The zero-order valence-corrected chi connectivity index (χ0v) is 24.4. The van der Waals surface area contributed by atoms with Crippen LogP contribution in [0.1, 0.15) is 111 Å². The molecule has 4 fully saturated rings. The molecule has 0 aromatic heterocycles. The monoisotopic (exact) mass is 538 g/mol. The lowest BCUT2D eigenvalue weighted by molar-refractivity contribution is -0.318. The minimum Gasteiger partial charge on any atom is -0.469 e. The van der Waals surface area contributed by atoms with Crippen LogP contribution in [0.5, 0.6) is 0 Å². The van der Waals surface area contributed by atoms with Crippen LogP contribution in [-0.2, 0) is 14.3 Å². The number of rotatable bonds is 10. The van der Waals surface area contributed by atoms with Gasteiger partial charge >= 0.3 is 5.97 Å². The Balaban J connectivity index is 1.48. The van der Waals surface area contributed by atoms with Gasteiger partial charge in [0.05, 0.1) is 19.3 Å². The summed E-state index contributed by atoms with van der Waals surface area (Å²) in [5.74, 6) is -0.300. The Morgan fingerprint density at radius 2 is 1.79 bits per heavy atom. The second-order valence-electron chi connectivity index (χ2n) is 13.9. The van der Waals surface area contributed by atoms with Crippen molar-refractivity contribution in [3.05, 3.63) is 0 Å². The molecule has 0 aromatic carbocycles. The number of ether oxygens (including phenoxy) is 2. The standard InChI is InChI=1S/C31H54O7/c1-6-7-8-9-27(35)38-31(36)15-14-29(3)20(18-31)16-24(32)28-22-12-11-21(19(2)10-13-26(34)37-5)30(22,4)25(33)17-23(28)29/h19-25,27-28,32-33,35-36H,6-18H2,1-5H3/t19-,20-,21-,22+,23+,24-,25+,27?,28+,29+,30-,31+/m1/s1. The second-order valence-corrected chi connectivity index (χ2v) is 13.9. The normalized spacial score (nSPS) is 46.0. The maximum Gasteiger partial charge on any atom is 0.305 e. The molecule has 4 aliphatic carbocycles. The highest BCUT2D eigenvalue weighted by Crippen LogP contribution is 2.69. The van der Waals surface area contributed by atoms with Crippen molar-refractivity contribution in [1.29, 1.82) is 0 Å². The number of aliphatic hydroxyl groups excluding tert-OH is 3. The number of carbonyl (C=O) groups excluding carboxylic acids is 1. The highest BCUT2D eigenvalue weighted by Gasteiger charge is 2.66. The lowest BCUT2D eigenvalue weighted by atomic mass is 9.43. The van der Waals surface area contributed by atoms with E-state index in [9.17, 15) is 25.2 Å². The van der Waals surface area contributed by atoms with E-state index in [2.05, 4.69) is 27.7 Å². The molecule has 1 unspecified atom stereocenters. The Labute approximate surface area is 229 Å². The lowest BCUT2D eigenvalue weighted by Crippen LogP contribution is -2.63. The topological polar surface area (TPSA) is 116 Å². The average molecular weight is 539 g/mol. The molecule has 0 bridgehead atoms. The van der Waals surface area contributed by atoms with Gasteiger partial charge in [0.25, 0.3) is 0 Å². The number of hydrogen-bond acceptors (Lipinski definition) is 7. The molecule has 4 saturated carbocycles. The largest absolute Gasteiger partial charge is 0.469 e. The predicted octanol–water partition coefficient (Wildman–Crippen LogP) is 4.78. The molecule has 0 heterocycles. The first kappa shape index (κ1) is 30.2. The van der Waals surface area contributed by atoms with Gasteiger partial charge in [0.15, 0.2) is 12.1 Å². The third kappa shape index (κ3) is 5.44. The fraction of sp³-hybridized carbons (Fsp3) is 0.968. The molecular weight excluding hydrogens is 484 g/mol. The van der Waals surface area contributed by atoms with Crippen molar-refractivity contribution < 1.29 is 34.7 Å². The summed E-state index contributed by atoms with van der Waals surface area (Å²) in [6.07, 6.45) is 7.70. The SMILES string of the molecule is CCCCCC(O)O[C@@]1(O)CC[C@@]2(C)[C@H](C[C@@H](O)[C@@H]3[C@@H]2C[C@H](O)[C@]2(C)[C@@H]([C@H](C)CCC(=O)OC)CC[C@@H]32)C1. The van der Waals surface area contributed by atoms with E-state index >= 15 is 0 Å². The van der Waals surface area contributed by atoms with E-state index in [0.717, 1.165) is 44.9 Å². The minimum atomic E-state index is -1.36. The van der Waals surface area contributed by atoms with E-state index in [-0.39, 0.29) is 40.5 Å². The van der Waals surface area contributed by atoms with Crippen LogP contribution in [0.15, 0.2) is 0 Å². The number of hydrogen-bond donors (Lipinski definition) is 4. The molecule has 7 heteroatoms. The quantitative estimate of drug-likeness (QED) is 0.180. The summed E-state index contributed by atoms with van der Waals surface area (Å²) >= 11 is 0. The second kappa shape index (κ2) is 11.6. The molecule has 0 amide bonds. The summed E-state index contributed by atoms with van der Waals surface area (Å²) in [5.41, 5.74) is -0.370. The average Bonchev–Trinajstić information content (AvgIpc) is 3.22. The van der Waals surface area contributed by atoms with Crippen molar-refractivity contribution in [2.45, 2.75) is 135 Å². The highest BCUT2D eigenvalue weighted by atomic mass is 16.7. The molecule has 0 aliphatic heterocycles. The molecule has 4 N–H and O–H groups in total. The van der Waals surface area contributed by atoms with Crippen LogP contribution in [0.2, 0.25) is 0 Å². The maximum absolute atomic E-state index is 11.8. The van der Waals surface area contributed by atoms with E-state index in [1.165, 1.54) is 7.11 Å². The highest BCUT2D eigenvalue weighted by molar-refractivity contribution is 5.69. The summed E-state index contributed by atoms with van der Waals surface area (Å²) in [7, 11) is 1.43. The van der Waals surface area contributed by atoms with Gasteiger partial charge in [0, 0.05) is 19.3 Å². The molecular formula is C31H54O7. The summed E-state index contributed by atoms with van der Waals surface area (Å²) in [6.45, 7) is 8.86. The fourth-order valence-electron chi connectivity index (χ4n) is 9.75. The molecule has 4 aliphatic rings. The number of aliphatic hydroxyl groups is 4. The molecule has 0 radical (unpaired) electrons. The number of methoxy groups -OCH3 is 1. The Hall–Kier alpha value is -0.730. The van der Waals surface area contributed by atoms with Gasteiger partial charge in [-0.15, -0.1) is 0 Å². The molecule has 4 rings (SSSR count). The Morgan fingerprint density at radius 3 is 2.47 bits per heavy atom. The van der Waals surface area contributed by atoms with Crippen LogP contribution >= 0.6 is 0 Å². The van der Waals surface area contributed by atoms with Crippen LogP contribution in [0, 0.1) is 46.3 Å². The number of esters is 1. The first-order chi connectivity index (χ1) is 17.9. The van der Waals surface area contributed by atoms with Gasteiger partial charge in [-0.05, 0) is 97.7 Å². The van der Waals surface area contributed by atoms with Gasteiger partial charge in [-0.2, -0.15) is 0 Å². The van der Waals surface area contributed by atoms with E-state index < -0.39 is 24.3 Å². The Bertz CT molecular complexity index is 820. The van der Waals surface area contributed by atoms with Crippen molar-refractivity contribution in [2.75, 3.05) is 7.11 Å². The zero-order valence-electron chi connectivity index (χ0n) is 24.4. The van der Waals surface area contributed by atoms with Crippen LogP contribution < -0.4 is 0 Å². The van der Waals surface area contributed by atoms with Gasteiger partial charge in [-0.25, -0.2) is 0 Å². The first-order valence-corrected chi connectivity index (χ1v) is 15.4. The molecule has 0 aromatic rings. The predicted molar refractivity (Wildman–Crippen MR) is 145 cm³/mol.